The van der Waals surface area contributed by atoms with Crippen molar-refractivity contribution in [3.8, 4) is 5.69 Å². The lowest BCUT2D eigenvalue weighted by atomic mass is 10.2. The number of nitrogens with zero attached hydrogens (tertiary/aromatic N) is 2. The SMILES string of the molecule is O=C(CSc1nc2ccccc2c(=O)n1-c1ccc(F)c(Cl)c1)NC1CC1. The number of fused-ring (bicyclic) bond motifs is 1. The van der Waals surface area contributed by atoms with Crippen molar-refractivity contribution in [2.45, 2.75) is 24.0 Å². The molecule has 0 unspecified atom stereocenters. The number of amides is 1. The third kappa shape index (κ3) is 3.84. The van der Waals surface area contributed by atoms with Crippen LogP contribution in [0.5, 0.6) is 0 Å². The van der Waals surface area contributed by atoms with Gasteiger partial charge in [0.1, 0.15) is 5.82 Å². The Morgan fingerprint density at radius 2 is 2.07 bits per heavy atom. The summed E-state index contributed by atoms with van der Waals surface area (Å²) in [5.41, 5.74) is 0.639. The highest BCUT2D eigenvalue weighted by Gasteiger charge is 2.23. The van der Waals surface area contributed by atoms with Gasteiger partial charge in [-0.25, -0.2) is 9.37 Å². The van der Waals surface area contributed by atoms with E-state index in [1.54, 1.807) is 24.3 Å². The molecule has 0 atom stereocenters. The van der Waals surface area contributed by atoms with Crippen LogP contribution in [0.3, 0.4) is 0 Å². The van der Waals surface area contributed by atoms with E-state index in [-0.39, 0.29) is 28.3 Å². The molecule has 0 radical (unpaired) electrons. The normalized spacial score (nSPS) is 13.7. The van der Waals surface area contributed by atoms with Crippen molar-refractivity contribution in [3.05, 3.63) is 63.7 Å². The summed E-state index contributed by atoms with van der Waals surface area (Å²) in [7, 11) is 0. The first kappa shape index (κ1) is 18.0. The van der Waals surface area contributed by atoms with E-state index in [9.17, 15) is 14.0 Å². The van der Waals surface area contributed by atoms with Crippen LogP contribution in [0.25, 0.3) is 16.6 Å². The van der Waals surface area contributed by atoms with E-state index in [1.807, 2.05) is 0 Å². The summed E-state index contributed by atoms with van der Waals surface area (Å²) >= 11 is 7.06. The van der Waals surface area contributed by atoms with Gasteiger partial charge < -0.3 is 5.32 Å². The molecule has 0 spiro atoms. The van der Waals surface area contributed by atoms with Crippen LogP contribution < -0.4 is 10.9 Å². The van der Waals surface area contributed by atoms with Crippen LogP contribution >= 0.6 is 23.4 Å². The van der Waals surface area contributed by atoms with Gasteiger partial charge in [-0.15, -0.1) is 0 Å². The molecule has 1 heterocycles. The topological polar surface area (TPSA) is 64.0 Å². The van der Waals surface area contributed by atoms with Crippen LogP contribution in [0.15, 0.2) is 52.4 Å². The van der Waals surface area contributed by atoms with Crippen LogP contribution in [0.4, 0.5) is 4.39 Å². The van der Waals surface area contributed by atoms with Gasteiger partial charge in [0.2, 0.25) is 5.91 Å². The number of halogens is 2. The lowest BCUT2D eigenvalue weighted by Gasteiger charge is -2.13. The summed E-state index contributed by atoms with van der Waals surface area (Å²) in [6.45, 7) is 0. The molecule has 1 saturated carbocycles. The summed E-state index contributed by atoms with van der Waals surface area (Å²) in [6.07, 6.45) is 2.01. The van der Waals surface area contributed by atoms with Gasteiger partial charge in [-0.1, -0.05) is 35.5 Å². The summed E-state index contributed by atoms with van der Waals surface area (Å²) < 4.78 is 14.9. The van der Waals surface area contributed by atoms with Crippen molar-refractivity contribution in [1.82, 2.24) is 14.9 Å². The van der Waals surface area contributed by atoms with E-state index >= 15 is 0 Å². The number of benzene rings is 2. The molecule has 0 aliphatic heterocycles. The summed E-state index contributed by atoms with van der Waals surface area (Å²) in [4.78, 5) is 29.6. The van der Waals surface area contributed by atoms with E-state index < -0.39 is 5.82 Å². The zero-order chi connectivity index (χ0) is 19.0. The highest BCUT2D eigenvalue weighted by Crippen LogP contribution is 2.25. The Labute approximate surface area is 163 Å². The second kappa shape index (κ2) is 7.32. The number of carbonyl (C=O) groups excluding carboxylic acids is 1. The Morgan fingerprint density at radius 1 is 1.30 bits per heavy atom. The van der Waals surface area contributed by atoms with E-state index in [4.69, 9.17) is 11.6 Å². The highest BCUT2D eigenvalue weighted by molar-refractivity contribution is 7.99. The van der Waals surface area contributed by atoms with Gasteiger partial charge >= 0.3 is 0 Å². The zero-order valence-corrected chi connectivity index (χ0v) is 15.7. The monoisotopic (exact) mass is 403 g/mol. The minimum absolute atomic E-state index is 0.0880. The first-order valence-corrected chi connectivity index (χ1v) is 9.78. The molecule has 1 aromatic heterocycles. The molecule has 2 aromatic carbocycles. The van der Waals surface area contributed by atoms with Gasteiger partial charge in [-0.2, -0.15) is 0 Å². The number of nitrogens with one attached hydrogen (secondary N) is 1. The van der Waals surface area contributed by atoms with Crippen molar-refractivity contribution < 1.29 is 9.18 Å². The Balaban J connectivity index is 1.78. The number of thioether (sulfide) groups is 1. The Bertz CT molecular complexity index is 1100. The van der Waals surface area contributed by atoms with Gasteiger partial charge in [0.15, 0.2) is 5.16 Å². The van der Waals surface area contributed by atoms with Crippen molar-refractivity contribution in [2.75, 3.05) is 5.75 Å². The fourth-order valence-electron chi connectivity index (χ4n) is 2.69. The average Bonchev–Trinajstić information content (AvgIpc) is 3.46. The van der Waals surface area contributed by atoms with E-state index in [1.165, 1.54) is 22.8 Å². The van der Waals surface area contributed by atoms with E-state index in [0.717, 1.165) is 24.6 Å². The standard InChI is InChI=1S/C19H15ClFN3O2S/c20-14-9-12(7-8-15(14)21)24-18(26)13-3-1-2-4-16(13)23-19(24)27-10-17(25)22-11-5-6-11/h1-4,7-9,11H,5-6,10H2,(H,22,25). The molecule has 5 nitrogen and oxygen atoms in total. The first-order chi connectivity index (χ1) is 13.0. The summed E-state index contributed by atoms with van der Waals surface area (Å²) in [5, 5.41) is 3.61. The van der Waals surface area contributed by atoms with Crippen molar-refractivity contribution in [2.24, 2.45) is 0 Å². The maximum atomic E-state index is 13.6. The van der Waals surface area contributed by atoms with Crippen molar-refractivity contribution in [3.63, 3.8) is 0 Å². The average molecular weight is 404 g/mol. The summed E-state index contributed by atoms with van der Waals surface area (Å²) in [6, 6.07) is 11.3. The molecule has 1 aliphatic carbocycles. The zero-order valence-electron chi connectivity index (χ0n) is 14.1. The lowest BCUT2D eigenvalue weighted by Crippen LogP contribution is -2.28. The van der Waals surface area contributed by atoms with Crippen LogP contribution in [-0.4, -0.2) is 27.3 Å². The largest absolute Gasteiger partial charge is 0.353 e. The predicted molar refractivity (Wildman–Crippen MR) is 104 cm³/mol. The maximum absolute atomic E-state index is 13.6. The molecule has 1 aliphatic rings. The molecular formula is C19H15ClFN3O2S. The van der Waals surface area contributed by atoms with Gasteiger partial charge in [-0.05, 0) is 43.2 Å². The first-order valence-electron chi connectivity index (χ1n) is 8.42. The van der Waals surface area contributed by atoms with Crippen molar-refractivity contribution >= 4 is 40.2 Å². The second-order valence-corrected chi connectivity index (χ2v) is 7.63. The number of hydrogen-bond donors (Lipinski definition) is 1. The van der Waals surface area contributed by atoms with Crippen LogP contribution in [0, 0.1) is 5.82 Å². The van der Waals surface area contributed by atoms with E-state index in [2.05, 4.69) is 10.3 Å². The predicted octanol–water partition coefficient (Wildman–Crippen LogP) is 3.55. The van der Waals surface area contributed by atoms with Gasteiger partial charge in [0.25, 0.3) is 5.56 Å². The van der Waals surface area contributed by atoms with E-state index in [0.29, 0.717) is 21.7 Å². The van der Waals surface area contributed by atoms with Gasteiger partial charge in [0, 0.05) is 6.04 Å². The molecule has 27 heavy (non-hydrogen) atoms. The minimum atomic E-state index is -0.569. The van der Waals surface area contributed by atoms with Crippen LogP contribution in [-0.2, 0) is 4.79 Å². The molecule has 0 saturated heterocycles. The Morgan fingerprint density at radius 3 is 2.81 bits per heavy atom. The molecule has 138 valence electrons. The van der Waals surface area contributed by atoms with Gasteiger partial charge in [0.05, 0.1) is 27.4 Å². The number of para-hydroxylation sites is 1. The van der Waals surface area contributed by atoms with Gasteiger partial charge in [-0.3, -0.25) is 14.2 Å². The maximum Gasteiger partial charge on any atom is 0.266 e. The molecule has 4 rings (SSSR count). The number of aromatic nitrogens is 2. The quantitative estimate of drug-likeness (QED) is 0.522. The molecule has 1 amide bonds. The smallest absolute Gasteiger partial charge is 0.266 e. The highest BCUT2D eigenvalue weighted by atomic mass is 35.5. The number of hydrogen-bond acceptors (Lipinski definition) is 4. The Hall–Kier alpha value is -2.38. The number of rotatable bonds is 5. The molecular weight excluding hydrogens is 389 g/mol. The molecule has 3 aromatic rings. The fourth-order valence-corrected chi connectivity index (χ4v) is 3.69. The molecule has 1 fully saturated rings. The molecule has 8 heteroatoms. The molecule has 0 bridgehead atoms. The summed E-state index contributed by atoms with van der Waals surface area (Å²) in [5.74, 6) is -0.537. The van der Waals surface area contributed by atoms with Crippen LogP contribution in [0.2, 0.25) is 5.02 Å². The number of carbonyl (C=O) groups is 1. The third-order valence-electron chi connectivity index (χ3n) is 4.18. The Kier molecular flexibility index (Phi) is 4.88. The third-order valence-corrected chi connectivity index (χ3v) is 5.41. The van der Waals surface area contributed by atoms with Crippen molar-refractivity contribution in [1.29, 1.82) is 0 Å². The molecule has 1 N–H and O–H groups in total. The second-order valence-electron chi connectivity index (χ2n) is 6.28. The fraction of sp³-hybridized carbons (Fsp3) is 0.211. The lowest BCUT2D eigenvalue weighted by molar-refractivity contribution is -0.118. The van der Waals surface area contributed by atoms with Crippen LogP contribution in [0.1, 0.15) is 12.8 Å². The minimum Gasteiger partial charge on any atom is -0.353 e.